The summed E-state index contributed by atoms with van der Waals surface area (Å²) in [6, 6.07) is 10.4. The molecule has 0 saturated carbocycles. The fourth-order valence-corrected chi connectivity index (χ4v) is 2.06. The van der Waals surface area contributed by atoms with Crippen LogP contribution in [0.25, 0.3) is 0 Å². The smallest absolute Gasteiger partial charge is 0.0897 e. The molecule has 0 spiro atoms. The third-order valence-corrected chi connectivity index (χ3v) is 3.27. The molecule has 0 fully saturated rings. The maximum atomic E-state index is 9.76. The molecule has 0 aliphatic carbocycles. The van der Waals surface area contributed by atoms with Crippen molar-refractivity contribution >= 4 is 0 Å². The number of ether oxygens (including phenoxy) is 1. The minimum Gasteiger partial charge on any atom is -0.389 e. The summed E-state index contributed by atoms with van der Waals surface area (Å²) >= 11 is 0. The van der Waals surface area contributed by atoms with Gasteiger partial charge in [0.25, 0.3) is 0 Å². The summed E-state index contributed by atoms with van der Waals surface area (Å²) in [6.07, 6.45) is 5.42. The molecule has 1 aromatic rings. The molecule has 1 aromatic carbocycles. The molecule has 20 heavy (non-hydrogen) atoms. The zero-order valence-corrected chi connectivity index (χ0v) is 12.7. The fraction of sp³-hybridized carbons (Fsp3) is 0.647. The Balaban J connectivity index is 1.91. The van der Waals surface area contributed by atoms with Gasteiger partial charge in [-0.25, -0.2) is 0 Å². The monoisotopic (exact) mass is 279 g/mol. The number of aliphatic hydroxyl groups is 1. The molecule has 1 atom stereocenters. The Kier molecular flexibility index (Phi) is 10.2. The number of hydrogen-bond donors (Lipinski definition) is 2. The predicted octanol–water partition coefficient (Wildman–Crippen LogP) is 2.78. The minimum absolute atomic E-state index is 0.406. The SMILES string of the molecule is CCCCCCOCC(O)CNCCc1ccccc1. The van der Waals surface area contributed by atoms with Gasteiger partial charge >= 0.3 is 0 Å². The highest BCUT2D eigenvalue weighted by Gasteiger charge is 2.03. The average Bonchev–Trinajstić information content (AvgIpc) is 2.48. The molecule has 114 valence electrons. The maximum absolute atomic E-state index is 9.76. The van der Waals surface area contributed by atoms with Crippen molar-refractivity contribution in [3.8, 4) is 0 Å². The third-order valence-electron chi connectivity index (χ3n) is 3.27. The van der Waals surface area contributed by atoms with Gasteiger partial charge in [0.1, 0.15) is 0 Å². The van der Waals surface area contributed by atoms with Crippen LogP contribution in [-0.4, -0.2) is 37.5 Å². The highest BCUT2D eigenvalue weighted by Crippen LogP contribution is 2.00. The van der Waals surface area contributed by atoms with Gasteiger partial charge in [-0.15, -0.1) is 0 Å². The molecule has 0 radical (unpaired) electrons. The summed E-state index contributed by atoms with van der Waals surface area (Å²) in [7, 11) is 0. The van der Waals surface area contributed by atoms with Gasteiger partial charge in [0.15, 0.2) is 0 Å². The second kappa shape index (κ2) is 11.9. The van der Waals surface area contributed by atoms with Gasteiger partial charge in [-0.3, -0.25) is 0 Å². The molecule has 1 rings (SSSR count). The third kappa shape index (κ3) is 9.08. The first-order valence-electron chi connectivity index (χ1n) is 7.83. The van der Waals surface area contributed by atoms with E-state index in [1.165, 1.54) is 24.8 Å². The van der Waals surface area contributed by atoms with Crippen LogP contribution in [0.3, 0.4) is 0 Å². The molecule has 0 bridgehead atoms. The Hall–Kier alpha value is -0.900. The van der Waals surface area contributed by atoms with Crippen molar-refractivity contribution in [2.24, 2.45) is 0 Å². The van der Waals surface area contributed by atoms with Crippen molar-refractivity contribution in [1.82, 2.24) is 5.32 Å². The standard InChI is InChI=1S/C17H29NO2/c1-2-3-4-8-13-20-15-17(19)14-18-12-11-16-9-6-5-7-10-16/h5-7,9-10,17-19H,2-4,8,11-15H2,1H3. The van der Waals surface area contributed by atoms with Crippen LogP contribution in [0.4, 0.5) is 0 Å². The first-order valence-corrected chi connectivity index (χ1v) is 7.83. The summed E-state index contributed by atoms with van der Waals surface area (Å²) in [4.78, 5) is 0. The van der Waals surface area contributed by atoms with Crippen molar-refractivity contribution in [3.05, 3.63) is 35.9 Å². The molecule has 1 unspecified atom stereocenters. The Morgan fingerprint density at radius 1 is 1.15 bits per heavy atom. The molecule has 0 aliphatic heterocycles. The lowest BCUT2D eigenvalue weighted by Crippen LogP contribution is -2.31. The van der Waals surface area contributed by atoms with Crippen LogP contribution in [0.5, 0.6) is 0 Å². The summed E-state index contributed by atoms with van der Waals surface area (Å²) in [5.41, 5.74) is 1.32. The van der Waals surface area contributed by atoms with Gasteiger partial charge in [0.05, 0.1) is 12.7 Å². The highest BCUT2D eigenvalue weighted by molar-refractivity contribution is 5.14. The molecular formula is C17H29NO2. The van der Waals surface area contributed by atoms with Crippen LogP contribution >= 0.6 is 0 Å². The number of benzene rings is 1. The van der Waals surface area contributed by atoms with Crippen LogP contribution in [-0.2, 0) is 11.2 Å². The molecule has 3 nitrogen and oxygen atoms in total. The zero-order chi connectivity index (χ0) is 14.5. The maximum Gasteiger partial charge on any atom is 0.0897 e. The highest BCUT2D eigenvalue weighted by atomic mass is 16.5. The second-order valence-corrected chi connectivity index (χ2v) is 5.23. The number of nitrogens with one attached hydrogen (secondary N) is 1. The van der Waals surface area contributed by atoms with E-state index in [1.807, 2.05) is 6.07 Å². The molecular weight excluding hydrogens is 250 g/mol. The van der Waals surface area contributed by atoms with E-state index >= 15 is 0 Å². The van der Waals surface area contributed by atoms with E-state index in [4.69, 9.17) is 4.74 Å². The Bertz CT molecular complexity index is 316. The normalized spacial score (nSPS) is 12.5. The predicted molar refractivity (Wildman–Crippen MR) is 84.0 cm³/mol. The van der Waals surface area contributed by atoms with Gasteiger partial charge in [0.2, 0.25) is 0 Å². The minimum atomic E-state index is -0.406. The lowest BCUT2D eigenvalue weighted by atomic mass is 10.1. The molecule has 0 aromatic heterocycles. The van der Waals surface area contributed by atoms with E-state index in [-0.39, 0.29) is 0 Å². The molecule has 0 amide bonds. The van der Waals surface area contributed by atoms with E-state index in [2.05, 4.69) is 36.5 Å². The van der Waals surface area contributed by atoms with Crippen molar-refractivity contribution < 1.29 is 9.84 Å². The molecule has 2 N–H and O–H groups in total. The second-order valence-electron chi connectivity index (χ2n) is 5.23. The van der Waals surface area contributed by atoms with Gasteiger partial charge in [-0.1, -0.05) is 56.5 Å². The quantitative estimate of drug-likeness (QED) is 0.578. The van der Waals surface area contributed by atoms with Crippen molar-refractivity contribution in [3.63, 3.8) is 0 Å². The average molecular weight is 279 g/mol. The van der Waals surface area contributed by atoms with Crippen molar-refractivity contribution in [2.75, 3.05) is 26.3 Å². The Labute approximate surface area is 123 Å². The van der Waals surface area contributed by atoms with E-state index in [9.17, 15) is 5.11 Å². The number of aliphatic hydroxyl groups excluding tert-OH is 1. The largest absolute Gasteiger partial charge is 0.389 e. The van der Waals surface area contributed by atoms with Gasteiger partial charge in [-0.05, 0) is 24.9 Å². The van der Waals surface area contributed by atoms with Crippen LogP contribution in [0, 0.1) is 0 Å². The fourth-order valence-electron chi connectivity index (χ4n) is 2.06. The molecule has 0 saturated heterocycles. The van der Waals surface area contributed by atoms with Crippen LogP contribution < -0.4 is 5.32 Å². The summed E-state index contributed by atoms with van der Waals surface area (Å²) in [6.45, 7) is 4.89. The Morgan fingerprint density at radius 2 is 1.95 bits per heavy atom. The van der Waals surface area contributed by atoms with E-state index in [1.54, 1.807) is 0 Å². The summed E-state index contributed by atoms with van der Waals surface area (Å²) in [5.74, 6) is 0. The lowest BCUT2D eigenvalue weighted by Gasteiger charge is -2.12. The Morgan fingerprint density at radius 3 is 2.70 bits per heavy atom. The molecule has 3 heteroatoms. The molecule has 0 aliphatic rings. The zero-order valence-electron chi connectivity index (χ0n) is 12.7. The van der Waals surface area contributed by atoms with Gasteiger partial charge in [0, 0.05) is 13.2 Å². The summed E-state index contributed by atoms with van der Waals surface area (Å²) < 4.78 is 5.47. The van der Waals surface area contributed by atoms with Crippen LogP contribution in [0.1, 0.15) is 38.2 Å². The number of rotatable bonds is 12. The topological polar surface area (TPSA) is 41.5 Å². The van der Waals surface area contributed by atoms with Gasteiger partial charge < -0.3 is 15.2 Å². The lowest BCUT2D eigenvalue weighted by molar-refractivity contribution is 0.0356. The van der Waals surface area contributed by atoms with Crippen molar-refractivity contribution in [1.29, 1.82) is 0 Å². The number of hydrogen-bond acceptors (Lipinski definition) is 3. The van der Waals surface area contributed by atoms with E-state index in [0.29, 0.717) is 13.2 Å². The summed E-state index contributed by atoms with van der Waals surface area (Å²) in [5, 5.41) is 13.0. The van der Waals surface area contributed by atoms with Gasteiger partial charge in [-0.2, -0.15) is 0 Å². The van der Waals surface area contributed by atoms with Crippen molar-refractivity contribution in [2.45, 2.75) is 45.1 Å². The van der Waals surface area contributed by atoms with Crippen LogP contribution in [0.2, 0.25) is 0 Å². The first-order chi connectivity index (χ1) is 9.83. The first kappa shape index (κ1) is 17.2. The van der Waals surface area contributed by atoms with E-state index in [0.717, 1.165) is 26.0 Å². The molecule has 0 heterocycles. The van der Waals surface area contributed by atoms with Crippen LogP contribution in [0.15, 0.2) is 30.3 Å². The number of unbranched alkanes of at least 4 members (excludes halogenated alkanes) is 3. The van der Waals surface area contributed by atoms with E-state index < -0.39 is 6.10 Å².